The number of rotatable bonds is 8. The minimum atomic E-state index is -0.837. The van der Waals surface area contributed by atoms with Crippen LogP contribution in [0.1, 0.15) is 0 Å². The Morgan fingerprint density at radius 1 is 1.41 bits per heavy atom. The van der Waals surface area contributed by atoms with E-state index in [4.69, 9.17) is 15.2 Å². The van der Waals surface area contributed by atoms with E-state index in [1.54, 1.807) is 30.6 Å². The van der Waals surface area contributed by atoms with Gasteiger partial charge in [-0.25, -0.2) is 9.18 Å². The zero-order chi connectivity index (χ0) is 19.2. The van der Waals surface area contributed by atoms with Crippen molar-refractivity contribution in [1.29, 1.82) is 0 Å². The van der Waals surface area contributed by atoms with Gasteiger partial charge < -0.3 is 25.6 Å². The Morgan fingerprint density at radius 2 is 2.19 bits per heavy atom. The molecule has 144 valence electrons. The lowest BCUT2D eigenvalue weighted by atomic mass is 10.2. The number of halogens is 1. The van der Waals surface area contributed by atoms with Crippen molar-refractivity contribution in [2.45, 2.75) is 12.2 Å². The van der Waals surface area contributed by atoms with Crippen LogP contribution in [0.15, 0.2) is 42.7 Å². The number of pyridine rings is 1. The van der Waals surface area contributed by atoms with Crippen molar-refractivity contribution >= 4 is 17.5 Å². The van der Waals surface area contributed by atoms with E-state index in [-0.39, 0.29) is 32.0 Å². The highest BCUT2D eigenvalue weighted by molar-refractivity contribution is 5.89. The summed E-state index contributed by atoms with van der Waals surface area (Å²) in [4.78, 5) is 17.0. The van der Waals surface area contributed by atoms with Gasteiger partial charge in [0.2, 0.25) is 0 Å². The van der Waals surface area contributed by atoms with Crippen molar-refractivity contribution in [1.82, 2.24) is 4.98 Å². The van der Waals surface area contributed by atoms with Gasteiger partial charge in [0.1, 0.15) is 18.8 Å². The summed E-state index contributed by atoms with van der Waals surface area (Å²) >= 11 is 0. The first-order valence-corrected chi connectivity index (χ1v) is 8.49. The second-order valence-corrected chi connectivity index (χ2v) is 6.05. The van der Waals surface area contributed by atoms with E-state index < -0.39 is 24.1 Å². The number of amides is 1. The summed E-state index contributed by atoms with van der Waals surface area (Å²) in [7, 11) is 0. The number of carbonyl (C=O) groups is 1. The van der Waals surface area contributed by atoms with Gasteiger partial charge >= 0.3 is 6.09 Å². The minimum absolute atomic E-state index is 0.00958. The predicted octanol–water partition coefficient (Wildman–Crippen LogP) is 1.36. The molecule has 0 spiro atoms. The SMILES string of the molecule is NC[C@H]1CN(c2ccc(OCC(O)CNc3ccncc3)c(F)c2)C(=O)O1. The lowest BCUT2D eigenvalue weighted by Gasteiger charge is -2.16. The molecule has 1 unspecified atom stereocenters. The van der Waals surface area contributed by atoms with Gasteiger partial charge in [0.15, 0.2) is 11.6 Å². The summed E-state index contributed by atoms with van der Waals surface area (Å²) < 4.78 is 24.7. The van der Waals surface area contributed by atoms with E-state index in [0.29, 0.717) is 5.69 Å². The average Bonchev–Trinajstić information content (AvgIpc) is 3.07. The molecule has 1 aliphatic rings. The van der Waals surface area contributed by atoms with Crippen LogP contribution in [0.2, 0.25) is 0 Å². The highest BCUT2D eigenvalue weighted by Gasteiger charge is 2.31. The molecule has 1 aliphatic heterocycles. The van der Waals surface area contributed by atoms with Gasteiger partial charge in [-0.15, -0.1) is 0 Å². The van der Waals surface area contributed by atoms with Crippen LogP contribution >= 0.6 is 0 Å². The number of nitrogens with one attached hydrogen (secondary N) is 1. The third-order valence-electron chi connectivity index (χ3n) is 4.02. The fourth-order valence-electron chi connectivity index (χ4n) is 2.58. The molecule has 2 heterocycles. The molecular weight excluding hydrogens is 355 g/mol. The first-order valence-electron chi connectivity index (χ1n) is 8.49. The number of aromatic nitrogens is 1. The third-order valence-corrected chi connectivity index (χ3v) is 4.02. The van der Waals surface area contributed by atoms with Crippen molar-refractivity contribution < 1.29 is 23.8 Å². The summed E-state index contributed by atoms with van der Waals surface area (Å²) in [6.45, 7) is 0.630. The molecule has 0 bridgehead atoms. The van der Waals surface area contributed by atoms with E-state index in [9.17, 15) is 14.3 Å². The molecule has 1 amide bonds. The molecule has 0 saturated carbocycles. The molecule has 8 nitrogen and oxygen atoms in total. The Labute approximate surface area is 155 Å². The van der Waals surface area contributed by atoms with Crippen LogP contribution < -0.4 is 20.7 Å². The van der Waals surface area contributed by atoms with E-state index in [1.165, 1.54) is 17.0 Å². The van der Waals surface area contributed by atoms with E-state index in [0.717, 1.165) is 5.69 Å². The Kier molecular flexibility index (Phi) is 6.05. The number of benzene rings is 1. The number of hydrogen-bond acceptors (Lipinski definition) is 7. The van der Waals surface area contributed by atoms with Crippen molar-refractivity contribution in [3.8, 4) is 5.75 Å². The molecule has 2 atom stereocenters. The Bertz CT molecular complexity index is 777. The standard InChI is InChI=1S/C18H21FN4O4/c19-16-7-13(23-10-15(8-20)27-18(23)25)1-2-17(16)26-11-14(24)9-22-12-3-5-21-6-4-12/h1-7,14-15,24H,8-11,20H2,(H,21,22)/t14?,15-/m0/s1. The molecule has 9 heteroatoms. The second-order valence-electron chi connectivity index (χ2n) is 6.05. The molecule has 1 fully saturated rings. The van der Waals surface area contributed by atoms with Gasteiger partial charge in [-0.05, 0) is 24.3 Å². The zero-order valence-electron chi connectivity index (χ0n) is 14.5. The molecule has 1 aromatic carbocycles. The molecule has 1 aromatic heterocycles. The summed E-state index contributed by atoms with van der Waals surface area (Å²) in [6, 6.07) is 7.70. The number of nitrogens with two attached hydrogens (primary N) is 1. The van der Waals surface area contributed by atoms with Crippen LogP contribution in [-0.4, -0.2) is 54.6 Å². The topological polar surface area (TPSA) is 110 Å². The number of nitrogens with zero attached hydrogens (tertiary/aromatic N) is 2. The van der Waals surface area contributed by atoms with Gasteiger partial charge in [0.25, 0.3) is 0 Å². The van der Waals surface area contributed by atoms with Gasteiger partial charge in [-0.1, -0.05) is 0 Å². The van der Waals surface area contributed by atoms with Gasteiger partial charge in [0, 0.05) is 37.2 Å². The van der Waals surface area contributed by atoms with Gasteiger partial charge in [-0.2, -0.15) is 0 Å². The van der Waals surface area contributed by atoms with Crippen LogP contribution in [0.5, 0.6) is 5.75 Å². The lowest BCUT2D eigenvalue weighted by Crippen LogP contribution is -2.27. The monoisotopic (exact) mass is 376 g/mol. The quantitative estimate of drug-likeness (QED) is 0.638. The van der Waals surface area contributed by atoms with Crippen molar-refractivity contribution in [2.24, 2.45) is 5.73 Å². The molecule has 3 rings (SSSR count). The molecule has 1 saturated heterocycles. The molecule has 2 aromatic rings. The fourth-order valence-corrected chi connectivity index (χ4v) is 2.58. The van der Waals surface area contributed by atoms with Crippen molar-refractivity contribution in [2.75, 3.05) is 36.5 Å². The number of carbonyl (C=O) groups excluding carboxylic acids is 1. The number of anilines is 2. The van der Waals surface area contributed by atoms with Crippen LogP contribution in [0, 0.1) is 5.82 Å². The summed E-state index contributed by atoms with van der Waals surface area (Å²) in [6.07, 6.45) is 1.47. The minimum Gasteiger partial charge on any atom is -0.488 e. The van der Waals surface area contributed by atoms with Gasteiger partial charge in [-0.3, -0.25) is 9.88 Å². The smallest absolute Gasteiger partial charge is 0.414 e. The highest BCUT2D eigenvalue weighted by atomic mass is 19.1. The zero-order valence-corrected chi connectivity index (χ0v) is 14.5. The first kappa shape index (κ1) is 18.9. The first-order chi connectivity index (χ1) is 13.1. The van der Waals surface area contributed by atoms with E-state index >= 15 is 0 Å². The molecule has 27 heavy (non-hydrogen) atoms. The maximum Gasteiger partial charge on any atom is 0.414 e. The Balaban J connectivity index is 1.53. The predicted molar refractivity (Wildman–Crippen MR) is 97.3 cm³/mol. The molecule has 0 aliphatic carbocycles. The highest BCUT2D eigenvalue weighted by Crippen LogP contribution is 2.27. The molecule has 4 N–H and O–H groups in total. The number of aliphatic hydroxyl groups is 1. The van der Waals surface area contributed by atoms with E-state index in [2.05, 4.69) is 10.3 Å². The number of aliphatic hydroxyl groups excluding tert-OH is 1. The third kappa shape index (κ3) is 4.83. The maximum atomic E-state index is 14.3. The Hall–Kier alpha value is -2.91. The fraction of sp³-hybridized carbons (Fsp3) is 0.333. The number of hydrogen-bond donors (Lipinski definition) is 3. The summed E-state index contributed by atoms with van der Waals surface area (Å²) in [5.74, 6) is -0.643. The summed E-state index contributed by atoms with van der Waals surface area (Å²) in [5, 5.41) is 13.0. The largest absolute Gasteiger partial charge is 0.488 e. The van der Waals surface area contributed by atoms with E-state index in [1.807, 2.05) is 0 Å². The van der Waals surface area contributed by atoms with Crippen LogP contribution in [0.3, 0.4) is 0 Å². The van der Waals surface area contributed by atoms with Crippen LogP contribution in [0.4, 0.5) is 20.6 Å². The Morgan fingerprint density at radius 3 is 2.85 bits per heavy atom. The maximum absolute atomic E-state index is 14.3. The normalized spacial score (nSPS) is 17.5. The summed E-state index contributed by atoms with van der Waals surface area (Å²) in [5.41, 5.74) is 6.66. The van der Waals surface area contributed by atoms with Crippen LogP contribution in [0.25, 0.3) is 0 Å². The number of cyclic esters (lactones) is 1. The molecule has 0 radical (unpaired) electrons. The van der Waals surface area contributed by atoms with Crippen LogP contribution in [-0.2, 0) is 4.74 Å². The number of ether oxygens (including phenoxy) is 2. The second kappa shape index (κ2) is 8.65. The average molecular weight is 376 g/mol. The van der Waals surface area contributed by atoms with Gasteiger partial charge in [0.05, 0.1) is 12.2 Å². The molecular formula is C18H21FN4O4. The lowest BCUT2D eigenvalue weighted by molar-refractivity contribution is 0.115. The van der Waals surface area contributed by atoms with Crippen molar-refractivity contribution in [3.63, 3.8) is 0 Å². The van der Waals surface area contributed by atoms with Crippen molar-refractivity contribution in [3.05, 3.63) is 48.5 Å².